The number of anilines is 1. The lowest BCUT2D eigenvalue weighted by atomic mass is 9.89. The normalized spacial score (nSPS) is 20.1. The molecule has 1 aromatic rings. The number of carbonyl (C=O) groups is 1. The second-order valence-electron chi connectivity index (χ2n) is 6.46. The van der Waals surface area contributed by atoms with E-state index < -0.39 is 0 Å². The van der Waals surface area contributed by atoms with Gasteiger partial charge in [-0.1, -0.05) is 19.3 Å². The van der Waals surface area contributed by atoms with Crippen molar-refractivity contribution >= 4 is 11.6 Å². The van der Waals surface area contributed by atoms with Crippen LogP contribution in [0.25, 0.3) is 0 Å². The number of nitrogens with zero attached hydrogens (tertiary/aromatic N) is 2. The summed E-state index contributed by atoms with van der Waals surface area (Å²) in [7, 11) is 1.90. The first kappa shape index (κ1) is 13.5. The van der Waals surface area contributed by atoms with Gasteiger partial charge in [0.15, 0.2) is 0 Å². The van der Waals surface area contributed by atoms with Crippen LogP contribution in [-0.2, 0) is 7.05 Å². The Bertz CT molecular complexity index is 484. The Labute approximate surface area is 120 Å². The van der Waals surface area contributed by atoms with Gasteiger partial charge in [-0.25, -0.2) is 0 Å². The van der Waals surface area contributed by atoms with Crippen molar-refractivity contribution in [2.24, 2.45) is 13.0 Å². The van der Waals surface area contributed by atoms with Crippen molar-refractivity contribution in [3.63, 3.8) is 0 Å². The van der Waals surface area contributed by atoms with Gasteiger partial charge in [-0.2, -0.15) is 0 Å². The van der Waals surface area contributed by atoms with E-state index in [0.717, 1.165) is 12.2 Å². The van der Waals surface area contributed by atoms with Crippen LogP contribution in [0.1, 0.15) is 55.4 Å². The fourth-order valence-electron chi connectivity index (χ4n) is 3.38. The Morgan fingerprint density at radius 1 is 1.30 bits per heavy atom. The summed E-state index contributed by atoms with van der Waals surface area (Å²) in [5, 5.41) is 0. The zero-order chi connectivity index (χ0) is 14.1. The third-order valence-corrected chi connectivity index (χ3v) is 4.67. The molecule has 2 aliphatic rings. The van der Waals surface area contributed by atoms with E-state index in [1.165, 1.54) is 44.9 Å². The molecule has 2 N–H and O–H groups in total. The van der Waals surface area contributed by atoms with E-state index in [2.05, 4.69) is 4.90 Å². The van der Waals surface area contributed by atoms with Gasteiger partial charge in [-0.15, -0.1) is 0 Å². The molecule has 20 heavy (non-hydrogen) atoms. The predicted molar refractivity (Wildman–Crippen MR) is 80.5 cm³/mol. The van der Waals surface area contributed by atoms with Crippen LogP contribution >= 0.6 is 0 Å². The lowest BCUT2D eigenvalue weighted by Crippen LogP contribution is -2.38. The molecular weight excluding hydrogens is 250 g/mol. The van der Waals surface area contributed by atoms with Crippen molar-refractivity contribution in [3.8, 4) is 0 Å². The molecule has 0 aromatic carbocycles. The highest BCUT2D eigenvalue weighted by molar-refractivity contribution is 5.94. The summed E-state index contributed by atoms with van der Waals surface area (Å²) >= 11 is 0. The first-order chi connectivity index (χ1) is 9.65. The number of rotatable bonds is 4. The number of amides is 1. The van der Waals surface area contributed by atoms with Crippen molar-refractivity contribution in [2.75, 3.05) is 12.3 Å². The summed E-state index contributed by atoms with van der Waals surface area (Å²) in [5.41, 5.74) is 7.20. The summed E-state index contributed by atoms with van der Waals surface area (Å²) in [6.07, 6.45) is 10.7. The number of aromatic nitrogens is 1. The molecule has 110 valence electrons. The third kappa shape index (κ3) is 2.84. The SMILES string of the molecule is Cn1cc(N)cc1C(=O)N(CC1CCCCC1)C1CC1. The minimum absolute atomic E-state index is 0.164. The number of carbonyl (C=O) groups excluding carboxylic acids is 1. The van der Waals surface area contributed by atoms with Crippen molar-refractivity contribution in [1.82, 2.24) is 9.47 Å². The standard InChI is InChI=1S/C16H25N3O/c1-18-11-13(17)9-15(18)16(20)19(14-7-8-14)10-12-5-3-2-4-6-12/h9,11-12,14H,2-8,10,17H2,1H3. The maximum absolute atomic E-state index is 12.8. The lowest BCUT2D eigenvalue weighted by molar-refractivity contribution is 0.0689. The van der Waals surface area contributed by atoms with E-state index in [-0.39, 0.29) is 5.91 Å². The van der Waals surface area contributed by atoms with Crippen LogP contribution in [-0.4, -0.2) is 28.0 Å². The largest absolute Gasteiger partial charge is 0.397 e. The van der Waals surface area contributed by atoms with Crippen LogP contribution < -0.4 is 5.73 Å². The van der Waals surface area contributed by atoms with Gasteiger partial charge < -0.3 is 15.2 Å². The summed E-state index contributed by atoms with van der Waals surface area (Å²) in [6, 6.07) is 2.28. The van der Waals surface area contributed by atoms with E-state index in [4.69, 9.17) is 5.73 Å². The highest BCUT2D eigenvalue weighted by Gasteiger charge is 2.35. The minimum atomic E-state index is 0.164. The molecule has 0 atom stereocenters. The van der Waals surface area contributed by atoms with Crippen molar-refractivity contribution in [3.05, 3.63) is 18.0 Å². The van der Waals surface area contributed by atoms with E-state index in [1.807, 2.05) is 17.8 Å². The van der Waals surface area contributed by atoms with Crippen LogP contribution in [0.3, 0.4) is 0 Å². The van der Waals surface area contributed by atoms with Crippen molar-refractivity contribution in [1.29, 1.82) is 0 Å². The van der Waals surface area contributed by atoms with Gasteiger partial charge in [-0.05, 0) is 37.7 Å². The molecule has 4 heteroatoms. The number of nitrogens with two attached hydrogens (primary N) is 1. The topological polar surface area (TPSA) is 51.3 Å². The molecule has 0 aliphatic heterocycles. The predicted octanol–water partition coefficient (Wildman–Crippen LogP) is 2.79. The molecule has 0 unspecified atom stereocenters. The van der Waals surface area contributed by atoms with Gasteiger partial charge in [0.2, 0.25) is 0 Å². The van der Waals surface area contributed by atoms with Gasteiger partial charge in [0, 0.05) is 25.8 Å². The average Bonchev–Trinajstić information content (AvgIpc) is 3.22. The van der Waals surface area contributed by atoms with Gasteiger partial charge in [-0.3, -0.25) is 4.79 Å². The second-order valence-corrected chi connectivity index (χ2v) is 6.46. The first-order valence-corrected chi connectivity index (χ1v) is 7.88. The summed E-state index contributed by atoms with van der Waals surface area (Å²) in [6.45, 7) is 0.939. The smallest absolute Gasteiger partial charge is 0.270 e. The van der Waals surface area contributed by atoms with Crippen LogP contribution in [0.4, 0.5) is 5.69 Å². The Morgan fingerprint density at radius 3 is 2.55 bits per heavy atom. The van der Waals surface area contributed by atoms with Gasteiger partial charge in [0.25, 0.3) is 5.91 Å². The highest BCUT2D eigenvalue weighted by Crippen LogP contribution is 2.32. The zero-order valence-corrected chi connectivity index (χ0v) is 12.3. The number of hydrogen-bond acceptors (Lipinski definition) is 2. The molecule has 2 saturated carbocycles. The van der Waals surface area contributed by atoms with E-state index in [0.29, 0.717) is 17.6 Å². The monoisotopic (exact) mass is 275 g/mol. The Morgan fingerprint density at radius 2 is 2.00 bits per heavy atom. The van der Waals surface area contributed by atoms with E-state index in [1.54, 1.807) is 6.07 Å². The van der Waals surface area contributed by atoms with E-state index in [9.17, 15) is 4.79 Å². The molecular formula is C16H25N3O. The molecule has 1 aromatic heterocycles. The van der Waals surface area contributed by atoms with Gasteiger partial charge in [0.1, 0.15) is 5.69 Å². The van der Waals surface area contributed by atoms with Gasteiger partial charge >= 0.3 is 0 Å². The molecule has 0 saturated heterocycles. The molecule has 2 fully saturated rings. The highest BCUT2D eigenvalue weighted by atomic mass is 16.2. The Kier molecular flexibility index (Phi) is 3.72. The summed E-state index contributed by atoms with van der Waals surface area (Å²) in [4.78, 5) is 14.9. The molecule has 0 bridgehead atoms. The van der Waals surface area contributed by atoms with E-state index >= 15 is 0 Å². The number of nitrogen functional groups attached to an aromatic ring is 1. The van der Waals surface area contributed by atoms with Crippen molar-refractivity contribution < 1.29 is 4.79 Å². The quantitative estimate of drug-likeness (QED) is 0.918. The maximum atomic E-state index is 12.8. The molecule has 2 aliphatic carbocycles. The number of hydrogen-bond donors (Lipinski definition) is 1. The average molecular weight is 275 g/mol. The lowest BCUT2D eigenvalue weighted by Gasteiger charge is -2.30. The third-order valence-electron chi connectivity index (χ3n) is 4.67. The summed E-state index contributed by atoms with van der Waals surface area (Å²) < 4.78 is 1.86. The molecule has 1 heterocycles. The molecule has 3 rings (SSSR count). The Hall–Kier alpha value is -1.45. The van der Waals surface area contributed by atoms with Crippen LogP contribution in [0.15, 0.2) is 12.3 Å². The maximum Gasteiger partial charge on any atom is 0.270 e. The molecule has 0 spiro atoms. The fraction of sp³-hybridized carbons (Fsp3) is 0.688. The molecule has 1 amide bonds. The van der Waals surface area contributed by atoms with Crippen LogP contribution in [0, 0.1) is 5.92 Å². The zero-order valence-electron chi connectivity index (χ0n) is 12.3. The second kappa shape index (κ2) is 5.51. The summed E-state index contributed by atoms with van der Waals surface area (Å²) in [5.74, 6) is 0.864. The number of aryl methyl sites for hydroxylation is 1. The first-order valence-electron chi connectivity index (χ1n) is 7.88. The van der Waals surface area contributed by atoms with Crippen LogP contribution in [0.5, 0.6) is 0 Å². The van der Waals surface area contributed by atoms with Crippen LogP contribution in [0.2, 0.25) is 0 Å². The minimum Gasteiger partial charge on any atom is -0.397 e. The molecule has 0 radical (unpaired) electrons. The van der Waals surface area contributed by atoms with Gasteiger partial charge in [0.05, 0.1) is 5.69 Å². The Balaban J connectivity index is 1.72. The fourth-order valence-corrected chi connectivity index (χ4v) is 3.38. The molecule has 4 nitrogen and oxygen atoms in total. The van der Waals surface area contributed by atoms with Crippen molar-refractivity contribution in [2.45, 2.75) is 51.0 Å².